The SMILES string of the molecule is COC(=O)c1cc2cc(C(C)C)ccc2nc1Cl. The van der Waals surface area contributed by atoms with Crippen LogP contribution < -0.4 is 0 Å². The molecule has 0 radical (unpaired) electrons. The molecule has 0 atom stereocenters. The first kappa shape index (κ1) is 12.8. The second-order valence-electron chi connectivity index (χ2n) is 4.43. The van der Waals surface area contributed by atoms with Crippen LogP contribution in [0.5, 0.6) is 0 Å². The molecule has 18 heavy (non-hydrogen) atoms. The summed E-state index contributed by atoms with van der Waals surface area (Å²) in [6.07, 6.45) is 0. The molecule has 0 aliphatic heterocycles. The Kier molecular flexibility index (Phi) is 3.53. The number of hydrogen-bond acceptors (Lipinski definition) is 3. The van der Waals surface area contributed by atoms with Gasteiger partial charge in [0.2, 0.25) is 0 Å². The van der Waals surface area contributed by atoms with Crippen molar-refractivity contribution in [1.82, 2.24) is 4.98 Å². The molecule has 0 spiro atoms. The van der Waals surface area contributed by atoms with E-state index < -0.39 is 5.97 Å². The smallest absolute Gasteiger partial charge is 0.341 e. The number of hydrogen-bond donors (Lipinski definition) is 0. The Hall–Kier alpha value is -1.61. The lowest BCUT2D eigenvalue weighted by atomic mass is 10.0. The van der Waals surface area contributed by atoms with Crippen molar-refractivity contribution in [2.24, 2.45) is 0 Å². The van der Waals surface area contributed by atoms with E-state index in [9.17, 15) is 4.79 Å². The highest BCUT2D eigenvalue weighted by atomic mass is 35.5. The van der Waals surface area contributed by atoms with Gasteiger partial charge < -0.3 is 4.74 Å². The Morgan fingerprint density at radius 3 is 2.67 bits per heavy atom. The molecule has 0 unspecified atom stereocenters. The number of aromatic nitrogens is 1. The predicted molar refractivity (Wildman–Crippen MR) is 72.2 cm³/mol. The summed E-state index contributed by atoms with van der Waals surface area (Å²) >= 11 is 5.97. The van der Waals surface area contributed by atoms with Gasteiger partial charge in [0.1, 0.15) is 5.15 Å². The first-order valence-electron chi connectivity index (χ1n) is 5.71. The van der Waals surface area contributed by atoms with Crippen molar-refractivity contribution in [3.05, 3.63) is 40.5 Å². The molecule has 0 aliphatic rings. The van der Waals surface area contributed by atoms with Crippen molar-refractivity contribution in [2.75, 3.05) is 7.11 Å². The molecular formula is C14H14ClNO2. The fraction of sp³-hybridized carbons (Fsp3) is 0.286. The van der Waals surface area contributed by atoms with Crippen molar-refractivity contribution < 1.29 is 9.53 Å². The molecule has 2 aromatic rings. The van der Waals surface area contributed by atoms with E-state index in [4.69, 9.17) is 11.6 Å². The highest BCUT2D eigenvalue weighted by molar-refractivity contribution is 6.32. The fourth-order valence-corrected chi connectivity index (χ4v) is 2.01. The van der Waals surface area contributed by atoms with Gasteiger partial charge in [-0.15, -0.1) is 0 Å². The normalized spacial score (nSPS) is 10.9. The highest BCUT2D eigenvalue weighted by Gasteiger charge is 2.13. The average molecular weight is 264 g/mol. The van der Waals surface area contributed by atoms with Gasteiger partial charge >= 0.3 is 5.97 Å². The lowest BCUT2D eigenvalue weighted by Gasteiger charge is -2.08. The molecular weight excluding hydrogens is 250 g/mol. The predicted octanol–water partition coefficient (Wildman–Crippen LogP) is 3.80. The number of methoxy groups -OCH3 is 1. The van der Waals surface area contributed by atoms with Crippen LogP contribution in [0.25, 0.3) is 10.9 Å². The van der Waals surface area contributed by atoms with Crippen molar-refractivity contribution in [2.45, 2.75) is 19.8 Å². The summed E-state index contributed by atoms with van der Waals surface area (Å²) in [6.45, 7) is 4.23. The van der Waals surface area contributed by atoms with Crippen molar-refractivity contribution in [3.63, 3.8) is 0 Å². The van der Waals surface area contributed by atoms with Crippen LogP contribution in [0.1, 0.15) is 35.7 Å². The van der Waals surface area contributed by atoms with Gasteiger partial charge in [0, 0.05) is 5.39 Å². The maximum absolute atomic E-state index is 11.6. The number of carbonyl (C=O) groups excluding carboxylic acids is 1. The van der Waals surface area contributed by atoms with Gasteiger partial charge in [-0.2, -0.15) is 0 Å². The molecule has 1 aromatic heterocycles. The van der Waals surface area contributed by atoms with Crippen molar-refractivity contribution >= 4 is 28.5 Å². The van der Waals surface area contributed by atoms with Crippen LogP contribution in [-0.2, 0) is 4.74 Å². The van der Waals surface area contributed by atoms with Crippen LogP contribution in [-0.4, -0.2) is 18.1 Å². The largest absolute Gasteiger partial charge is 0.465 e. The second kappa shape index (κ2) is 4.94. The molecule has 0 saturated carbocycles. The molecule has 2 rings (SSSR count). The van der Waals surface area contributed by atoms with E-state index in [1.807, 2.05) is 18.2 Å². The number of nitrogens with zero attached hydrogens (tertiary/aromatic N) is 1. The Morgan fingerprint density at radius 1 is 1.33 bits per heavy atom. The molecule has 0 N–H and O–H groups in total. The monoisotopic (exact) mass is 263 g/mol. The molecule has 4 heteroatoms. The summed E-state index contributed by atoms with van der Waals surface area (Å²) in [7, 11) is 1.33. The van der Waals surface area contributed by atoms with Gasteiger partial charge in [0.05, 0.1) is 18.2 Å². The van der Waals surface area contributed by atoms with Gasteiger partial charge in [0.25, 0.3) is 0 Å². The first-order valence-corrected chi connectivity index (χ1v) is 6.09. The van der Waals surface area contributed by atoms with Crippen molar-refractivity contribution in [3.8, 4) is 0 Å². The minimum Gasteiger partial charge on any atom is -0.465 e. The molecule has 0 aliphatic carbocycles. The van der Waals surface area contributed by atoms with Crippen LogP contribution in [0.4, 0.5) is 0 Å². The summed E-state index contributed by atoms with van der Waals surface area (Å²) in [5, 5.41) is 1.07. The average Bonchev–Trinajstić information content (AvgIpc) is 2.36. The summed E-state index contributed by atoms with van der Waals surface area (Å²) in [5.41, 5.74) is 2.27. The van der Waals surface area contributed by atoms with Crippen LogP contribution in [0.3, 0.4) is 0 Å². The number of rotatable bonds is 2. The van der Waals surface area contributed by atoms with E-state index in [0.29, 0.717) is 11.5 Å². The molecule has 3 nitrogen and oxygen atoms in total. The number of fused-ring (bicyclic) bond motifs is 1. The maximum atomic E-state index is 11.6. The zero-order valence-corrected chi connectivity index (χ0v) is 11.3. The Bertz CT molecular complexity index is 608. The number of pyridine rings is 1. The third kappa shape index (κ3) is 2.31. The van der Waals surface area contributed by atoms with E-state index in [1.54, 1.807) is 6.07 Å². The summed E-state index contributed by atoms with van der Waals surface area (Å²) in [4.78, 5) is 15.8. The number of carbonyl (C=O) groups is 1. The number of ether oxygens (including phenoxy) is 1. The van der Waals surface area contributed by atoms with Gasteiger partial charge in [-0.3, -0.25) is 0 Å². The molecule has 0 amide bonds. The minimum atomic E-state index is -0.468. The highest BCUT2D eigenvalue weighted by Crippen LogP contribution is 2.24. The third-order valence-corrected chi connectivity index (χ3v) is 3.15. The third-order valence-electron chi connectivity index (χ3n) is 2.86. The summed E-state index contributed by atoms with van der Waals surface area (Å²) in [5.74, 6) is -0.0454. The number of halogens is 1. The van der Waals surface area contributed by atoms with Crippen LogP contribution in [0.15, 0.2) is 24.3 Å². The van der Waals surface area contributed by atoms with E-state index in [2.05, 4.69) is 23.6 Å². The molecule has 0 bridgehead atoms. The van der Waals surface area contributed by atoms with Gasteiger partial charge in [-0.1, -0.05) is 31.5 Å². The van der Waals surface area contributed by atoms with Crippen LogP contribution in [0, 0.1) is 0 Å². The lowest BCUT2D eigenvalue weighted by Crippen LogP contribution is -2.03. The second-order valence-corrected chi connectivity index (χ2v) is 4.78. The lowest BCUT2D eigenvalue weighted by molar-refractivity contribution is 0.0600. The minimum absolute atomic E-state index is 0.173. The summed E-state index contributed by atoms with van der Waals surface area (Å²) < 4.78 is 4.68. The van der Waals surface area contributed by atoms with Gasteiger partial charge in [0.15, 0.2) is 0 Å². The molecule has 94 valence electrons. The van der Waals surface area contributed by atoms with E-state index in [-0.39, 0.29) is 5.15 Å². The molecule has 0 fully saturated rings. The number of esters is 1. The Morgan fingerprint density at radius 2 is 2.06 bits per heavy atom. The van der Waals surface area contributed by atoms with Crippen molar-refractivity contribution in [1.29, 1.82) is 0 Å². The molecule has 1 heterocycles. The van der Waals surface area contributed by atoms with E-state index >= 15 is 0 Å². The molecule has 1 aromatic carbocycles. The van der Waals surface area contributed by atoms with Crippen LogP contribution in [0.2, 0.25) is 5.15 Å². The zero-order chi connectivity index (χ0) is 13.3. The Balaban J connectivity index is 2.63. The fourth-order valence-electron chi connectivity index (χ4n) is 1.78. The standard InChI is InChI=1S/C14H14ClNO2/c1-8(2)9-4-5-12-10(6-9)7-11(13(15)16-12)14(17)18-3/h4-8H,1-3H3. The van der Waals surface area contributed by atoms with E-state index in [0.717, 1.165) is 10.9 Å². The Labute approximate surface area is 111 Å². The van der Waals surface area contributed by atoms with Gasteiger partial charge in [-0.05, 0) is 29.7 Å². The maximum Gasteiger partial charge on any atom is 0.341 e. The van der Waals surface area contributed by atoms with Gasteiger partial charge in [-0.25, -0.2) is 9.78 Å². The van der Waals surface area contributed by atoms with E-state index in [1.165, 1.54) is 12.7 Å². The quantitative estimate of drug-likeness (QED) is 0.611. The topological polar surface area (TPSA) is 39.2 Å². The molecule has 0 saturated heterocycles. The zero-order valence-electron chi connectivity index (χ0n) is 10.5. The summed E-state index contributed by atoms with van der Waals surface area (Å²) in [6, 6.07) is 7.68. The number of benzene rings is 1. The first-order chi connectivity index (χ1) is 8.52. The van der Waals surface area contributed by atoms with Crippen LogP contribution >= 0.6 is 11.6 Å².